The summed E-state index contributed by atoms with van der Waals surface area (Å²) in [5.74, 6) is -2.53. The highest BCUT2D eigenvalue weighted by atomic mass is 32.2. The van der Waals surface area contributed by atoms with E-state index in [0.29, 0.717) is 0 Å². The Hall–Kier alpha value is -3.79. The number of hydrogen-bond acceptors (Lipinski definition) is 5. The topological polar surface area (TPSA) is 92.8 Å². The lowest BCUT2D eigenvalue weighted by molar-refractivity contribution is -0.114. The van der Waals surface area contributed by atoms with E-state index in [1.807, 2.05) is 0 Å². The van der Waals surface area contributed by atoms with Crippen LogP contribution in [0.4, 0.5) is 20.2 Å². The summed E-state index contributed by atoms with van der Waals surface area (Å²) in [6.45, 7) is -0.659. The Bertz CT molecular complexity index is 1230. The predicted octanol–water partition coefficient (Wildman–Crippen LogP) is 3.59. The fraction of sp³-hybridized carbons (Fsp3) is 0.0909. The van der Waals surface area contributed by atoms with Crippen molar-refractivity contribution in [1.29, 1.82) is 0 Å². The van der Waals surface area contributed by atoms with Gasteiger partial charge in [-0.15, -0.1) is 0 Å². The van der Waals surface area contributed by atoms with Gasteiger partial charge in [-0.25, -0.2) is 22.0 Å². The number of carbonyl (C=O) groups excluding carboxylic acids is 2. The molecule has 10 heteroatoms. The maximum absolute atomic E-state index is 13.4. The second-order valence-electron chi connectivity index (χ2n) is 6.56. The highest BCUT2D eigenvalue weighted by Crippen LogP contribution is 2.24. The van der Waals surface area contributed by atoms with Gasteiger partial charge in [-0.3, -0.25) is 9.10 Å². The van der Waals surface area contributed by atoms with Crippen molar-refractivity contribution in [2.24, 2.45) is 0 Å². The van der Waals surface area contributed by atoms with Gasteiger partial charge < -0.3 is 10.1 Å². The van der Waals surface area contributed by atoms with Gasteiger partial charge in [0, 0.05) is 5.69 Å². The van der Waals surface area contributed by atoms with Crippen LogP contribution < -0.4 is 9.62 Å². The lowest BCUT2D eigenvalue weighted by atomic mass is 10.2. The fourth-order valence-corrected chi connectivity index (χ4v) is 4.25. The van der Waals surface area contributed by atoms with Crippen LogP contribution in [-0.4, -0.2) is 33.9 Å². The van der Waals surface area contributed by atoms with Crippen molar-refractivity contribution in [2.75, 3.05) is 23.3 Å². The minimum Gasteiger partial charge on any atom is -0.465 e. The first-order valence-electron chi connectivity index (χ1n) is 9.23. The molecule has 1 amide bonds. The summed E-state index contributed by atoms with van der Waals surface area (Å²) in [6.07, 6.45) is 0. The number of carbonyl (C=O) groups is 2. The molecular weight excluding hydrogens is 442 g/mol. The zero-order valence-electron chi connectivity index (χ0n) is 16.8. The number of esters is 1. The largest absolute Gasteiger partial charge is 0.465 e. The molecule has 0 spiro atoms. The number of benzene rings is 3. The highest BCUT2D eigenvalue weighted by Gasteiger charge is 2.27. The maximum atomic E-state index is 13.4. The lowest BCUT2D eigenvalue weighted by Crippen LogP contribution is -2.38. The van der Waals surface area contributed by atoms with Crippen molar-refractivity contribution in [3.8, 4) is 0 Å². The number of anilines is 2. The zero-order valence-corrected chi connectivity index (χ0v) is 17.6. The van der Waals surface area contributed by atoms with Crippen LogP contribution >= 0.6 is 0 Å². The second kappa shape index (κ2) is 9.56. The van der Waals surface area contributed by atoms with Gasteiger partial charge in [0.05, 0.1) is 23.3 Å². The van der Waals surface area contributed by atoms with Crippen LogP contribution in [0.2, 0.25) is 0 Å². The van der Waals surface area contributed by atoms with Crippen LogP contribution in [0, 0.1) is 11.6 Å². The normalized spacial score (nSPS) is 11.0. The third-order valence-electron chi connectivity index (χ3n) is 4.37. The van der Waals surface area contributed by atoms with Crippen LogP contribution in [0.25, 0.3) is 0 Å². The summed E-state index contributed by atoms with van der Waals surface area (Å²) in [5, 5.41) is 2.52. The molecule has 166 valence electrons. The van der Waals surface area contributed by atoms with Gasteiger partial charge in [0.2, 0.25) is 5.91 Å². The van der Waals surface area contributed by atoms with Crippen LogP contribution in [0.1, 0.15) is 10.4 Å². The van der Waals surface area contributed by atoms with Crippen molar-refractivity contribution in [3.63, 3.8) is 0 Å². The number of ether oxygens (including phenoxy) is 1. The third-order valence-corrected chi connectivity index (χ3v) is 6.16. The molecule has 1 N–H and O–H groups in total. The third kappa shape index (κ3) is 5.27. The van der Waals surface area contributed by atoms with E-state index in [2.05, 4.69) is 10.1 Å². The van der Waals surface area contributed by atoms with Crippen molar-refractivity contribution in [3.05, 3.63) is 90.0 Å². The molecule has 32 heavy (non-hydrogen) atoms. The van der Waals surface area contributed by atoms with Crippen LogP contribution in [0.5, 0.6) is 0 Å². The smallest absolute Gasteiger partial charge is 0.337 e. The number of amides is 1. The van der Waals surface area contributed by atoms with Gasteiger partial charge in [0.1, 0.15) is 18.2 Å². The Morgan fingerprint density at radius 1 is 0.938 bits per heavy atom. The first-order valence-corrected chi connectivity index (χ1v) is 10.7. The first kappa shape index (κ1) is 22.9. The molecule has 0 atom stereocenters. The van der Waals surface area contributed by atoms with Crippen LogP contribution in [0.15, 0.2) is 77.7 Å². The fourth-order valence-electron chi connectivity index (χ4n) is 2.83. The van der Waals surface area contributed by atoms with Gasteiger partial charge in [-0.1, -0.05) is 6.07 Å². The van der Waals surface area contributed by atoms with E-state index in [1.165, 1.54) is 43.5 Å². The van der Waals surface area contributed by atoms with Gasteiger partial charge in [-0.2, -0.15) is 0 Å². The molecule has 0 saturated carbocycles. The molecule has 0 radical (unpaired) electrons. The molecule has 0 bridgehead atoms. The average molecular weight is 460 g/mol. The minimum absolute atomic E-state index is 0.0363. The Kier molecular flexibility index (Phi) is 6.84. The molecular formula is C22H18F2N2O5S. The summed E-state index contributed by atoms with van der Waals surface area (Å²) >= 11 is 0. The van der Waals surface area contributed by atoms with E-state index < -0.39 is 40.1 Å². The predicted molar refractivity (Wildman–Crippen MR) is 114 cm³/mol. The van der Waals surface area contributed by atoms with E-state index >= 15 is 0 Å². The zero-order chi connectivity index (χ0) is 23.3. The van der Waals surface area contributed by atoms with Crippen molar-refractivity contribution >= 4 is 33.3 Å². The number of sulfonamides is 1. The lowest BCUT2D eigenvalue weighted by Gasteiger charge is -2.24. The number of rotatable bonds is 7. The van der Waals surface area contributed by atoms with Crippen molar-refractivity contribution in [1.82, 2.24) is 0 Å². The summed E-state index contributed by atoms with van der Waals surface area (Å²) in [5.41, 5.74) is 0.477. The minimum atomic E-state index is -4.29. The van der Waals surface area contributed by atoms with Crippen LogP contribution in [0.3, 0.4) is 0 Å². The standard InChI is InChI=1S/C22H18F2N2O5S/c1-31-22(28)15-3-2-4-18(13-15)25-21(27)14-26(19-9-5-16(23)6-10-19)32(29,30)20-11-7-17(24)8-12-20/h2-13H,14H2,1H3,(H,25,27). The quantitative estimate of drug-likeness (QED) is 0.544. The number of nitrogens with one attached hydrogen (secondary N) is 1. The van der Waals surface area contributed by atoms with E-state index in [4.69, 9.17) is 0 Å². The molecule has 7 nitrogen and oxygen atoms in total. The Balaban J connectivity index is 1.91. The molecule has 0 fully saturated rings. The molecule has 3 aromatic carbocycles. The summed E-state index contributed by atoms with van der Waals surface area (Å²) in [7, 11) is -3.07. The Morgan fingerprint density at radius 3 is 2.12 bits per heavy atom. The molecule has 0 saturated heterocycles. The van der Waals surface area contributed by atoms with Crippen molar-refractivity contribution in [2.45, 2.75) is 4.90 Å². The van der Waals surface area contributed by atoms with Gasteiger partial charge >= 0.3 is 5.97 Å². The van der Waals surface area contributed by atoms with Gasteiger partial charge in [0.15, 0.2) is 0 Å². The molecule has 0 heterocycles. The van der Waals surface area contributed by atoms with E-state index in [0.717, 1.165) is 40.7 Å². The highest BCUT2D eigenvalue weighted by molar-refractivity contribution is 7.92. The number of nitrogens with zero attached hydrogens (tertiary/aromatic N) is 1. The summed E-state index contributed by atoms with van der Waals surface area (Å²) in [4.78, 5) is 24.1. The second-order valence-corrected chi connectivity index (χ2v) is 8.42. The number of hydrogen-bond donors (Lipinski definition) is 1. The van der Waals surface area contributed by atoms with Crippen molar-refractivity contribution < 1.29 is 31.5 Å². The number of halogens is 2. The molecule has 3 aromatic rings. The summed E-state index contributed by atoms with van der Waals surface area (Å²) in [6, 6.07) is 14.5. The molecule has 0 unspecified atom stereocenters. The molecule has 0 aliphatic rings. The Labute approximate surface area is 183 Å². The molecule has 0 aromatic heterocycles. The average Bonchev–Trinajstić information content (AvgIpc) is 2.78. The van der Waals surface area contributed by atoms with Gasteiger partial charge in [-0.05, 0) is 66.7 Å². The van der Waals surface area contributed by atoms with Gasteiger partial charge in [0.25, 0.3) is 10.0 Å². The maximum Gasteiger partial charge on any atom is 0.337 e. The number of methoxy groups -OCH3 is 1. The van der Waals surface area contributed by atoms with Crippen LogP contribution in [-0.2, 0) is 19.6 Å². The summed E-state index contributed by atoms with van der Waals surface area (Å²) < 4.78 is 58.4. The van der Waals surface area contributed by atoms with E-state index in [-0.39, 0.29) is 21.8 Å². The Morgan fingerprint density at radius 2 is 1.53 bits per heavy atom. The monoisotopic (exact) mass is 460 g/mol. The molecule has 0 aliphatic heterocycles. The SMILES string of the molecule is COC(=O)c1cccc(NC(=O)CN(c2ccc(F)cc2)S(=O)(=O)c2ccc(F)cc2)c1. The first-order chi connectivity index (χ1) is 15.2. The van der Waals surface area contributed by atoms with E-state index in [9.17, 15) is 26.8 Å². The van der Waals surface area contributed by atoms with E-state index in [1.54, 1.807) is 0 Å². The molecule has 3 rings (SSSR count). The molecule has 0 aliphatic carbocycles.